The Bertz CT molecular complexity index is 653. The number of hydrogen-bond donors (Lipinski definition) is 2. The van der Waals surface area contributed by atoms with Gasteiger partial charge in [-0.1, -0.05) is 0 Å². The molecule has 0 unspecified atom stereocenters. The van der Waals surface area contributed by atoms with Gasteiger partial charge in [0, 0.05) is 17.1 Å². The quantitative estimate of drug-likeness (QED) is 0.887. The second-order valence-corrected chi connectivity index (χ2v) is 4.28. The molecule has 2 rings (SSSR count). The average Bonchev–Trinajstić information content (AvgIpc) is 2.65. The van der Waals surface area contributed by atoms with Gasteiger partial charge in [0.25, 0.3) is 0 Å². The lowest BCUT2D eigenvalue weighted by Gasteiger charge is -2.09. The largest absolute Gasteiger partial charge is 0.478 e. The highest BCUT2D eigenvalue weighted by Gasteiger charge is 2.15. The molecule has 0 amide bonds. The fourth-order valence-corrected chi connectivity index (χ4v) is 2.13. The number of carbonyl (C=O) groups is 2. The fraction of sp³-hybridized carbons (Fsp3) is 0.143. The van der Waals surface area contributed by atoms with Crippen LogP contribution in [0.2, 0.25) is 0 Å². The molecule has 1 heterocycles. The molecule has 0 spiro atoms. The summed E-state index contributed by atoms with van der Waals surface area (Å²) in [5.41, 5.74) is 2.60. The summed E-state index contributed by atoms with van der Waals surface area (Å²) in [6, 6.07) is 7.92. The summed E-state index contributed by atoms with van der Waals surface area (Å²) in [6.45, 7) is 3.53. The average molecular weight is 259 g/mol. The third-order valence-electron chi connectivity index (χ3n) is 3.03. The van der Waals surface area contributed by atoms with Crippen LogP contribution in [0.3, 0.4) is 0 Å². The second-order valence-electron chi connectivity index (χ2n) is 4.28. The van der Waals surface area contributed by atoms with Crippen molar-refractivity contribution in [3.05, 3.63) is 52.8 Å². The van der Waals surface area contributed by atoms with Gasteiger partial charge in [-0.2, -0.15) is 0 Å². The maximum absolute atomic E-state index is 11.1. The van der Waals surface area contributed by atoms with E-state index in [0.717, 1.165) is 11.4 Å². The molecule has 5 nitrogen and oxygen atoms in total. The van der Waals surface area contributed by atoms with Gasteiger partial charge in [0.1, 0.15) is 0 Å². The van der Waals surface area contributed by atoms with Crippen LogP contribution in [0, 0.1) is 13.8 Å². The maximum atomic E-state index is 11.1. The Morgan fingerprint density at radius 3 is 2.00 bits per heavy atom. The normalized spacial score (nSPS) is 10.4. The van der Waals surface area contributed by atoms with Gasteiger partial charge in [-0.3, -0.25) is 0 Å². The predicted octanol–water partition coefficient (Wildman–Crippen LogP) is 2.49. The van der Waals surface area contributed by atoms with Crippen LogP contribution in [0.1, 0.15) is 32.1 Å². The zero-order chi connectivity index (χ0) is 14.2. The first kappa shape index (κ1) is 12.9. The van der Waals surface area contributed by atoms with Gasteiger partial charge >= 0.3 is 11.9 Å². The second kappa shape index (κ2) is 4.61. The summed E-state index contributed by atoms with van der Waals surface area (Å²) in [5, 5.41) is 17.9. The lowest BCUT2D eigenvalue weighted by atomic mass is 10.2. The molecule has 0 radical (unpaired) electrons. The molecule has 5 heteroatoms. The molecule has 0 aliphatic heterocycles. The molecule has 0 saturated heterocycles. The number of aryl methyl sites for hydroxylation is 1. The van der Waals surface area contributed by atoms with E-state index in [1.165, 1.54) is 12.1 Å². The number of carboxylic acids is 2. The van der Waals surface area contributed by atoms with E-state index >= 15 is 0 Å². The number of aromatic nitrogens is 1. The minimum atomic E-state index is -0.987. The maximum Gasteiger partial charge on any atom is 0.337 e. The van der Waals surface area contributed by atoms with Crippen molar-refractivity contribution in [2.24, 2.45) is 0 Å². The van der Waals surface area contributed by atoms with Crippen molar-refractivity contribution in [3.8, 4) is 5.69 Å². The van der Waals surface area contributed by atoms with E-state index in [2.05, 4.69) is 0 Å². The summed E-state index contributed by atoms with van der Waals surface area (Å²) in [5.74, 6) is -1.96. The van der Waals surface area contributed by atoms with Crippen molar-refractivity contribution in [1.29, 1.82) is 0 Å². The van der Waals surface area contributed by atoms with Gasteiger partial charge in [0.15, 0.2) is 0 Å². The zero-order valence-corrected chi connectivity index (χ0v) is 10.5. The Morgan fingerprint density at radius 2 is 1.58 bits per heavy atom. The Kier molecular flexibility index (Phi) is 3.12. The molecule has 1 aromatic carbocycles. The third-order valence-corrected chi connectivity index (χ3v) is 3.03. The van der Waals surface area contributed by atoms with Crippen molar-refractivity contribution in [2.75, 3.05) is 0 Å². The smallest absolute Gasteiger partial charge is 0.337 e. The highest BCUT2D eigenvalue weighted by atomic mass is 16.4. The van der Waals surface area contributed by atoms with Gasteiger partial charge in [-0.25, -0.2) is 9.59 Å². The van der Waals surface area contributed by atoms with Crippen molar-refractivity contribution < 1.29 is 19.8 Å². The molecule has 0 aliphatic rings. The Balaban J connectivity index is 2.53. The Morgan fingerprint density at radius 1 is 1.00 bits per heavy atom. The van der Waals surface area contributed by atoms with Crippen LogP contribution >= 0.6 is 0 Å². The van der Waals surface area contributed by atoms with Crippen LogP contribution in [0.15, 0.2) is 30.3 Å². The molecule has 19 heavy (non-hydrogen) atoms. The summed E-state index contributed by atoms with van der Waals surface area (Å²) in [7, 11) is 0. The molecular weight excluding hydrogens is 246 g/mol. The number of benzene rings is 1. The van der Waals surface area contributed by atoms with E-state index in [-0.39, 0.29) is 11.1 Å². The third kappa shape index (κ3) is 2.22. The van der Waals surface area contributed by atoms with Gasteiger partial charge in [0.05, 0.1) is 11.1 Å². The lowest BCUT2D eigenvalue weighted by Crippen LogP contribution is -2.03. The predicted molar refractivity (Wildman–Crippen MR) is 69.2 cm³/mol. The standard InChI is InChI=1S/C14H13NO4/c1-8-7-12(14(18)19)9(2)15(8)11-5-3-10(4-6-11)13(16)17/h3-7H,1-2H3,(H,16,17)(H,18,19). The Labute approximate surface area is 109 Å². The first-order valence-electron chi connectivity index (χ1n) is 5.67. The topological polar surface area (TPSA) is 79.5 Å². The van der Waals surface area contributed by atoms with Gasteiger partial charge < -0.3 is 14.8 Å². The SMILES string of the molecule is Cc1cc(C(=O)O)c(C)n1-c1ccc(C(=O)O)cc1. The summed E-state index contributed by atoms with van der Waals surface area (Å²) < 4.78 is 1.79. The van der Waals surface area contributed by atoms with E-state index in [4.69, 9.17) is 10.2 Å². The van der Waals surface area contributed by atoms with Crippen LogP contribution in [-0.2, 0) is 0 Å². The van der Waals surface area contributed by atoms with E-state index in [1.807, 2.05) is 6.92 Å². The monoisotopic (exact) mass is 259 g/mol. The van der Waals surface area contributed by atoms with Crippen molar-refractivity contribution in [3.63, 3.8) is 0 Å². The van der Waals surface area contributed by atoms with Crippen LogP contribution in [-0.4, -0.2) is 26.7 Å². The van der Waals surface area contributed by atoms with Crippen LogP contribution < -0.4 is 0 Å². The van der Waals surface area contributed by atoms with Crippen molar-refractivity contribution in [2.45, 2.75) is 13.8 Å². The van der Waals surface area contributed by atoms with E-state index in [0.29, 0.717) is 5.69 Å². The first-order chi connectivity index (χ1) is 8.91. The molecule has 0 aliphatic carbocycles. The molecule has 0 atom stereocenters. The molecule has 0 bridgehead atoms. The first-order valence-corrected chi connectivity index (χ1v) is 5.67. The van der Waals surface area contributed by atoms with Crippen molar-refractivity contribution in [1.82, 2.24) is 4.57 Å². The number of hydrogen-bond acceptors (Lipinski definition) is 2. The van der Waals surface area contributed by atoms with E-state index in [1.54, 1.807) is 29.7 Å². The van der Waals surface area contributed by atoms with Crippen molar-refractivity contribution >= 4 is 11.9 Å². The van der Waals surface area contributed by atoms with Crippen LogP contribution in [0.25, 0.3) is 5.69 Å². The zero-order valence-electron chi connectivity index (χ0n) is 10.5. The van der Waals surface area contributed by atoms with Gasteiger partial charge in [0.2, 0.25) is 0 Å². The minimum Gasteiger partial charge on any atom is -0.478 e. The highest BCUT2D eigenvalue weighted by molar-refractivity contribution is 5.90. The number of carboxylic acid groups (broad SMARTS) is 2. The molecular formula is C14H13NO4. The fourth-order valence-electron chi connectivity index (χ4n) is 2.13. The molecule has 2 N–H and O–H groups in total. The molecule has 0 fully saturated rings. The van der Waals surface area contributed by atoms with Crippen LogP contribution in [0.4, 0.5) is 0 Å². The van der Waals surface area contributed by atoms with Gasteiger partial charge in [-0.15, -0.1) is 0 Å². The molecule has 98 valence electrons. The highest BCUT2D eigenvalue weighted by Crippen LogP contribution is 2.21. The summed E-state index contributed by atoms with van der Waals surface area (Å²) in [4.78, 5) is 21.9. The minimum absolute atomic E-state index is 0.199. The van der Waals surface area contributed by atoms with Gasteiger partial charge in [-0.05, 0) is 44.2 Å². The summed E-state index contributed by atoms with van der Waals surface area (Å²) >= 11 is 0. The lowest BCUT2D eigenvalue weighted by molar-refractivity contribution is 0.0685. The Hall–Kier alpha value is -2.56. The number of rotatable bonds is 3. The number of nitrogens with zero attached hydrogens (tertiary/aromatic N) is 1. The van der Waals surface area contributed by atoms with E-state index in [9.17, 15) is 9.59 Å². The van der Waals surface area contributed by atoms with Crippen LogP contribution in [0.5, 0.6) is 0 Å². The number of aromatic carboxylic acids is 2. The molecule has 0 saturated carbocycles. The van der Waals surface area contributed by atoms with E-state index < -0.39 is 11.9 Å². The molecule has 2 aromatic rings. The summed E-state index contributed by atoms with van der Waals surface area (Å²) in [6.07, 6.45) is 0. The molecule has 1 aromatic heterocycles.